The topological polar surface area (TPSA) is 79.9 Å². The molecular weight excluding hydrogens is 394 g/mol. The minimum atomic E-state index is -0.478. The van der Waals surface area contributed by atoms with Crippen molar-refractivity contribution in [3.05, 3.63) is 77.0 Å². The molecule has 3 aliphatic heterocycles. The van der Waals surface area contributed by atoms with E-state index in [1.165, 1.54) is 0 Å². The zero-order valence-corrected chi connectivity index (χ0v) is 17.2. The van der Waals surface area contributed by atoms with Crippen molar-refractivity contribution in [3.8, 4) is 5.75 Å². The van der Waals surface area contributed by atoms with Gasteiger partial charge in [-0.2, -0.15) is 0 Å². The number of hydrogen-bond acceptors (Lipinski definition) is 4. The van der Waals surface area contributed by atoms with Crippen LogP contribution in [0.4, 0.5) is 4.79 Å². The van der Waals surface area contributed by atoms with E-state index in [0.717, 1.165) is 36.3 Å². The molecule has 5 rings (SSSR count). The predicted molar refractivity (Wildman–Crippen MR) is 114 cm³/mol. The molecule has 3 aliphatic rings. The highest BCUT2D eigenvalue weighted by atomic mass is 16.5. The summed E-state index contributed by atoms with van der Waals surface area (Å²) in [4.78, 5) is 27.2. The largest absolute Gasteiger partial charge is 0.489 e. The fourth-order valence-electron chi connectivity index (χ4n) is 4.36. The van der Waals surface area contributed by atoms with E-state index in [1.54, 1.807) is 4.90 Å². The Morgan fingerprint density at radius 3 is 2.61 bits per heavy atom. The van der Waals surface area contributed by atoms with E-state index < -0.39 is 6.04 Å². The molecule has 0 radical (unpaired) electrons. The monoisotopic (exact) mass is 419 g/mol. The van der Waals surface area contributed by atoms with E-state index in [9.17, 15) is 9.59 Å². The second kappa shape index (κ2) is 8.43. The van der Waals surface area contributed by atoms with Gasteiger partial charge in [0.05, 0.1) is 30.0 Å². The Labute approximate surface area is 181 Å². The molecule has 0 aromatic heterocycles. The Morgan fingerprint density at radius 1 is 1.06 bits per heavy atom. The maximum Gasteiger partial charge on any atom is 0.319 e. The van der Waals surface area contributed by atoms with Gasteiger partial charge in [-0.15, -0.1) is 0 Å². The average Bonchev–Trinajstić information content (AvgIpc) is 3.41. The van der Waals surface area contributed by atoms with Crippen LogP contribution < -0.4 is 15.4 Å². The van der Waals surface area contributed by atoms with Gasteiger partial charge in [-0.05, 0) is 36.1 Å². The summed E-state index contributed by atoms with van der Waals surface area (Å²) in [6.45, 7) is 2.20. The lowest BCUT2D eigenvalue weighted by Crippen LogP contribution is -2.44. The molecule has 2 atom stereocenters. The lowest BCUT2D eigenvalue weighted by atomic mass is 9.96. The van der Waals surface area contributed by atoms with Crippen LogP contribution in [0.25, 0.3) is 0 Å². The van der Waals surface area contributed by atoms with Gasteiger partial charge in [0.25, 0.3) is 5.91 Å². The number of benzene rings is 2. The summed E-state index contributed by atoms with van der Waals surface area (Å²) >= 11 is 0. The van der Waals surface area contributed by atoms with Gasteiger partial charge in [-0.1, -0.05) is 42.5 Å². The smallest absolute Gasteiger partial charge is 0.319 e. The van der Waals surface area contributed by atoms with E-state index in [1.807, 2.05) is 54.6 Å². The Kier molecular flexibility index (Phi) is 5.34. The van der Waals surface area contributed by atoms with Crippen molar-refractivity contribution in [2.24, 2.45) is 0 Å². The highest BCUT2D eigenvalue weighted by Crippen LogP contribution is 2.33. The SMILES string of the molecule is O=C1NC2=C(C(=O)N(C[C@H]3CCCO3)C2)[C@@H](c2ccc(OCc3ccccc3)cc2)N1. The van der Waals surface area contributed by atoms with Crippen molar-refractivity contribution >= 4 is 11.9 Å². The first-order valence-electron chi connectivity index (χ1n) is 10.7. The van der Waals surface area contributed by atoms with E-state index in [4.69, 9.17) is 9.47 Å². The second-order valence-corrected chi connectivity index (χ2v) is 8.09. The number of carbonyl (C=O) groups excluding carboxylic acids is 2. The molecule has 2 N–H and O–H groups in total. The van der Waals surface area contributed by atoms with Gasteiger partial charge in [0, 0.05) is 13.2 Å². The Bertz CT molecular complexity index is 997. The summed E-state index contributed by atoms with van der Waals surface area (Å²) in [7, 11) is 0. The molecule has 3 amide bonds. The zero-order valence-electron chi connectivity index (χ0n) is 17.2. The molecule has 2 aromatic carbocycles. The van der Waals surface area contributed by atoms with Crippen LogP contribution in [0.2, 0.25) is 0 Å². The molecule has 1 saturated heterocycles. The molecule has 31 heavy (non-hydrogen) atoms. The fourth-order valence-corrected chi connectivity index (χ4v) is 4.36. The van der Waals surface area contributed by atoms with Crippen LogP contribution >= 0.6 is 0 Å². The number of nitrogens with zero attached hydrogens (tertiary/aromatic N) is 1. The summed E-state index contributed by atoms with van der Waals surface area (Å²) in [5, 5.41) is 5.71. The number of urea groups is 1. The van der Waals surface area contributed by atoms with E-state index in [0.29, 0.717) is 31.0 Å². The Hall–Kier alpha value is -3.32. The average molecular weight is 419 g/mol. The molecule has 1 fully saturated rings. The molecule has 0 unspecified atom stereocenters. The third-order valence-corrected chi connectivity index (χ3v) is 5.93. The predicted octanol–water partition coefficient (Wildman–Crippen LogP) is 2.89. The van der Waals surface area contributed by atoms with Crippen molar-refractivity contribution in [1.29, 1.82) is 0 Å². The first-order valence-corrected chi connectivity index (χ1v) is 10.7. The summed E-state index contributed by atoms with van der Waals surface area (Å²) in [5.41, 5.74) is 3.23. The Balaban J connectivity index is 1.30. The molecule has 7 nitrogen and oxygen atoms in total. The van der Waals surface area contributed by atoms with Gasteiger partial charge in [-0.25, -0.2) is 4.79 Å². The number of amides is 3. The summed E-state index contributed by atoms with van der Waals surface area (Å²) < 4.78 is 11.5. The van der Waals surface area contributed by atoms with Crippen LogP contribution in [0.5, 0.6) is 5.75 Å². The van der Waals surface area contributed by atoms with Gasteiger partial charge >= 0.3 is 6.03 Å². The normalized spacial score (nSPS) is 22.9. The van der Waals surface area contributed by atoms with Crippen LogP contribution in [0.15, 0.2) is 65.9 Å². The van der Waals surface area contributed by atoms with Crippen LogP contribution in [-0.4, -0.2) is 42.6 Å². The van der Waals surface area contributed by atoms with Gasteiger partial charge in [0.15, 0.2) is 0 Å². The van der Waals surface area contributed by atoms with Crippen molar-refractivity contribution < 1.29 is 19.1 Å². The zero-order chi connectivity index (χ0) is 21.2. The molecule has 0 bridgehead atoms. The maximum absolute atomic E-state index is 13.1. The van der Waals surface area contributed by atoms with Gasteiger partial charge in [0.1, 0.15) is 12.4 Å². The lowest BCUT2D eigenvalue weighted by molar-refractivity contribution is -0.127. The maximum atomic E-state index is 13.1. The fraction of sp³-hybridized carbons (Fsp3) is 0.333. The number of rotatable bonds is 6. The molecule has 0 saturated carbocycles. The lowest BCUT2D eigenvalue weighted by Gasteiger charge is -2.26. The van der Waals surface area contributed by atoms with Gasteiger partial charge < -0.3 is 25.0 Å². The first kappa shape index (κ1) is 19.6. The molecule has 0 spiro atoms. The summed E-state index contributed by atoms with van der Waals surface area (Å²) in [5.74, 6) is 0.687. The first-order chi connectivity index (χ1) is 15.2. The van der Waals surface area contributed by atoms with Gasteiger partial charge in [-0.3, -0.25) is 4.79 Å². The molecule has 7 heteroatoms. The third-order valence-electron chi connectivity index (χ3n) is 5.93. The molecule has 3 heterocycles. The summed E-state index contributed by atoms with van der Waals surface area (Å²) in [6, 6.07) is 16.7. The highest BCUT2D eigenvalue weighted by molar-refractivity contribution is 6.01. The minimum absolute atomic E-state index is 0.0487. The Morgan fingerprint density at radius 2 is 1.87 bits per heavy atom. The molecule has 0 aliphatic carbocycles. The van der Waals surface area contributed by atoms with E-state index >= 15 is 0 Å². The van der Waals surface area contributed by atoms with E-state index in [-0.39, 0.29) is 18.0 Å². The van der Waals surface area contributed by atoms with Crippen molar-refractivity contribution in [3.63, 3.8) is 0 Å². The van der Waals surface area contributed by atoms with Crippen LogP contribution in [-0.2, 0) is 16.1 Å². The van der Waals surface area contributed by atoms with Crippen LogP contribution in [0, 0.1) is 0 Å². The molecular formula is C24H25N3O4. The van der Waals surface area contributed by atoms with E-state index in [2.05, 4.69) is 10.6 Å². The van der Waals surface area contributed by atoms with Crippen LogP contribution in [0.1, 0.15) is 30.0 Å². The third kappa shape index (κ3) is 4.14. The summed E-state index contributed by atoms with van der Waals surface area (Å²) in [6.07, 6.45) is 2.07. The second-order valence-electron chi connectivity index (χ2n) is 8.09. The standard InChI is InChI=1S/C24H25N3O4/c28-23-21-20(14-27(23)13-19-7-4-12-30-19)25-24(29)26-22(21)17-8-10-18(11-9-17)31-15-16-5-2-1-3-6-16/h1-3,5-6,8-11,19,22H,4,7,12-15H2,(H2,25,26,29)/t19-,22-/m1/s1. The molecule has 160 valence electrons. The number of hydrogen-bond donors (Lipinski definition) is 2. The van der Waals surface area contributed by atoms with Crippen molar-refractivity contribution in [2.75, 3.05) is 19.7 Å². The number of ether oxygens (including phenoxy) is 2. The van der Waals surface area contributed by atoms with Crippen LogP contribution in [0.3, 0.4) is 0 Å². The quantitative estimate of drug-likeness (QED) is 0.755. The minimum Gasteiger partial charge on any atom is -0.489 e. The molecule has 2 aromatic rings. The highest BCUT2D eigenvalue weighted by Gasteiger charge is 2.41. The van der Waals surface area contributed by atoms with Crippen molar-refractivity contribution in [1.82, 2.24) is 15.5 Å². The number of carbonyl (C=O) groups is 2. The van der Waals surface area contributed by atoms with Crippen molar-refractivity contribution in [2.45, 2.75) is 31.6 Å². The number of nitrogens with one attached hydrogen (secondary N) is 2. The van der Waals surface area contributed by atoms with Gasteiger partial charge in [0.2, 0.25) is 0 Å².